The third-order valence-electron chi connectivity index (χ3n) is 3.68. The highest BCUT2D eigenvalue weighted by Crippen LogP contribution is 2.30. The van der Waals surface area contributed by atoms with Crippen molar-refractivity contribution in [2.24, 2.45) is 5.92 Å². The molecule has 1 saturated heterocycles. The van der Waals surface area contributed by atoms with E-state index in [0.29, 0.717) is 0 Å². The molecule has 1 amide bonds. The fourth-order valence-corrected chi connectivity index (χ4v) is 3.90. The zero-order valence-corrected chi connectivity index (χ0v) is 12.7. The van der Waals surface area contributed by atoms with Crippen LogP contribution in [0.4, 0.5) is 0 Å². The Labute approximate surface area is 120 Å². The topological polar surface area (TPSA) is 23.6 Å². The molecule has 1 aromatic heterocycles. The first kappa shape index (κ1) is 12.6. The summed E-state index contributed by atoms with van der Waals surface area (Å²) in [6, 6.07) is 1.95. The molecule has 1 aliphatic carbocycles. The Bertz CT molecular complexity index is 436. The molecule has 1 saturated carbocycles. The number of hydrogen-bond donors (Lipinski definition) is 0. The quantitative estimate of drug-likeness (QED) is 0.851. The van der Waals surface area contributed by atoms with Gasteiger partial charge in [-0.15, -0.1) is 11.3 Å². The first-order valence-corrected chi connectivity index (χ1v) is 8.16. The maximum absolute atomic E-state index is 12.3. The van der Waals surface area contributed by atoms with Crippen LogP contribution in [0.1, 0.15) is 22.5 Å². The summed E-state index contributed by atoms with van der Waals surface area (Å²) in [6.45, 7) is 5.05. The molecule has 0 atom stereocenters. The van der Waals surface area contributed by atoms with E-state index >= 15 is 0 Å². The van der Waals surface area contributed by atoms with Gasteiger partial charge >= 0.3 is 0 Å². The van der Waals surface area contributed by atoms with Crippen LogP contribution in [-0.2, 0) is 0 Å². The van der Waals surface area contributed by atoms with E-state index in [9.17, 15) is 4.79 Å². The van der Waals surface area contributed by atoms with Crippen molar-refractivity contribution in [1.29, 1.82) is 0 Å². The lowest BCUT2D eigenvalue weighted by atomic mass is 10.2. The van der Waals surface area contributed by atoms with Gasteiger partial charge in [0.2, 0.25) is 0 Å². The molecule has 0 unspecified atom stereocenters. The van der Waals surface area contributed by atoms with E-state index in [1.54, 1.807) is 0 Å². The van der Waals surface area contributed by atoms with Crippen molar-refractivity contribution in [2.75, 3.05) is 32.7 Å². The van der Waals surface area contributed by atoms with Crippen molar-refractivity contribution in [1.82, 2.24) is 9.80 Å². The van der Waals surface area contributed by atoms with Gasteiger partial charge in [-0.1, -0.05) is 0 Å². The molecule has 0 spiro atoms. The van der Waals surface area contributed by atoms with Crippen molar-refractivity contribution in [3.63, 3.8) is 0 Å². The van der Waals surface area contributed by atoms with Crippen molar-refractivity contribution in [3.8, 4) is 0 Å². The molecule has 1 aliphatic heterocycles. The standard InChI is InChI=1S/C13H17BrN2OS/c14-11-3-8-18-12(11)13(17)16-6-4-15(5-7-16)9-10-1-2-10/h3,8,10H,1-2,4-7,9H2. The van der Waals surface area contributed by atoms with Crippen molar-refractivity contribution in [3.05, 3.63) is 20.8 Å². The van der Waals surface area contributed by atoms with E-state index in [1.165, 1.54) is 30.7 Å². The second kappa shape index (κ2) is 5.31. The first-order valence-electron chi connectivity index (χ1n) is 6.48. The Morgan fingerprint density at radius 1 is 1.33 bits per heavy atom. The fourth-order valence-electron chi connectivity index (χ4n) is 2.39. The van der Waals surface area contributed by atoms with Crippen LogP contribution >= 0.6 is 27.3 Å². The van der Waals surface area contributed by atoms with Crippen LogP contribution in [0.2, 0.25) is 0 Å². The maximum atomic E-state index is 12.3. The molecule has 0 aromatic carbocycles. The van der Waals surface area contributed by atoms with Gasteiger partial charge in [-0.25, -0.2) is 0 Å². The summed E-state index contributed by atoms with van der Waals surface area (Å²) in [6.07, 6.45) is 2.81. The van der Waals surface area contributed by atoms with Crippen LogP contribution in [0.25, 0.3) is 0 Å². The molecule has 0 N–H and O–H groups in total. The largest absolute Gasteiger partial charge is 0.335 e. The molecule has 3 rings (SSSR count). The van der Waals surface area contributed by atoms with Gasteiger partial charge in [0.15, 0.2) is 0 Å². The van der Waals surface area contributed by atoms with Gasteiger partial charge in [0.25, 0.3) is 5.91 Å². The van der Waals surface area contributed by atoms with E-state index in [4.69, 9.17) is 0 Å². The monoisotopic (exact) mass is 328 g/mol. The molecular formula is C13H17BrN2OS. The van der Waals surface area contributed by atoms with Crippen molar-refractivity contribution < 1.29 is 4.79 Å². The van der Waals surface area contributed by atoms with Crippen LogP contribution in [0, 0.1) is 5.92 Å². The summed E-state index contributed by atoms with van der Waals surface area (Å²) >= 11 is 4.96. The highest BCUT2D eigenvalue weighted by atomic mass is 79.9. The minimum atomic E-state index is 0.183. The lowest BCUT2D eigenvalue weighted by Crippen LogP contribution is -2.49. The lowest BCUT2D eigenvalue weighted by Gasteiger charge is -2.34. The van der Waals surface area contributed by atoms with Crippen LogP contribution in [0.3, 0.4) is 0 Å². The molecule has 1 aromatic rings. The van der Waals surface area contributed by atoms with Gasteiger partial charge in [-0.05, 0) is 46.1 Å². The number of nitrogens with zero attached hydrogens (tertiary/aromatic N) is 2. The summed E-state index contributed by atoms with van der Waals surface area (Å²) < 4.78 is 0.929. The Hall–Kier alpha value is -0.390. The highest BCUT2D eigenvalue weighted by Gasteiger charge is 2.28. The van der Waals surface area contributed by atoms with Crippen molar-refractivity contribution >= 4 is 33.2 Å². The number of hydrogen-bond acceptors (Lipinski definition) is 3. The second-order valence-corrected chi connectivity index (χ2v) is 6.90. The summed E-state index contributed by atoms with van der Waals surface area (Å²) in [5, 5.41) is 1.96. The predicted molar refractivity (Wildman–Crippen MR) is 77.1 cm³/mol. The molecule has 3 nitrogen and oxygen atoms in total. The Morgan fingerprint density at radius 3 is 2.61 bits per heavy atom. The van der Waals surface area contributed by atoms with E-state index in [2.05, 4.69) is 20.8 Å². The summed E-state index contributed by atoms with van der Waals surface area (Å²) in [7, 11) is 0. The van der Waals surface area contributed by atoms with Crippen LogP contribution in [0.5, 0.6) is 0 Å². The average molecular weight is 329 g/mol. The van der Waals surface area contributed by atoms with Gasteiger partial charge in [-0.2, -0.15) is 0 Å². The van der Waals surface area contributed by atoms with Gasteiger partial charge in [-0.3, -0.25) is 9.69 Å². The van der Waals surface area contributed by atoms with Gasteiger partial charge in [0.1, 0.15) is 4.88 Å². The third-order valence-corrected chi connectivity index (χ3v) is 5.51. The minimum Gasteiger partial charge on any atom is -0.335 e. The highest BCUT2D eigenvalue weighted by molar-refractivity contribution is 9.10. The molecule has 2 fully saturated rings. The van der Waals surface area contributed by atoms with Crippen LogP contribution in [0.15, 0.2) is 15.9 Å². The summed E-state index contributed by atoms with van der Waals surface area (Å²) in [4.78, 5) is 17.6. The second-order valence-electron chi connectivity index (χ2n) is 5.13. The normalized spacial score (nSPS) is 21.3. The fraction of sp³-hybridized carbons (Fsp3) is 0.615. The SMILES string of the molecule is O=C(c1sccc1Br)N1CCN(CC2CC2)CC1. The van der Waals surface area contributed by atoms with Crippen LogP contribution < -0.4 is 0 Å². The number of carbonyl (C=O) groups excluding carboxylic acids is 1. The molecular weight excluding hydrogens is 312 g/mol. The maximum Gasteiger partial charge on any atom is 0.265 e. The number of thiophene rings is 1. The number of halogens is 1. The van der Waals surface area contributed by atoms with E-state index in [0.717, 1.165) is 41.4 Å². The van der Waals surface area contributed by atoms with Crippen molar-refractivity contribution in [2.45, 2.75) is 12.8 Å². The number of carbonyl (C=O) groups is 1. The Balaban J connectivity index is 1.55. The molecule has 0 bridgehead atoms. The first-order chi connectivity index (χ1) is 8.74. The Morgan fingerprint density at radius 2 is 2.06 bits per heavy atom. The number of rotatable bonds is 3. The van der Waals surface area contributed by atoms with E-state index in [-0.39, 0.29) is 5.91 Å². The lowest BCUT2D eigenvalue weighted by molar-refractivity contribution is 0.0636. The van der Waals surface area contributed by atoms with E-state index in [1.807, 2.05) is 16.3 Å². The molecule has 0 radical (unpaired) electrons. The van der Waals surface area contributed by atoms with Gasteiger partial charge in [0, 0.05) is 37.2 Å². The smallest absolute Gasteiger partial charge is 0.265 e. The molecule has 2 aliphatic rings. The predicted octanol–water partition coefficient (Wildman–Crippen LogP) is 2.68. The summed E-state index contributed by atoms with van der Waals surface area (Å²) in [5.41, 5.74) is 0. The molecule has 5 heteroatoms. The van der Waals surface area contributed by atoms with Gasteiger partial charge in [0.05, 0.1) is 0 Å². The number of piperazine rings is 1. The zero-order chi connectivity index (χ0) is 12.5. The van der Waals surface area contributed by atoms with Crippen LogP contribution in [-0.4, -0.2) is 48.4 Å². The van der Waals surface area contributed by atoms with Gasteiger partial charge < -0.3 is 4.90 Å². The number of amides is 1. The Kier molecular flexibility index (Phi) is 3.73. The molecule has 2 heterocycles. The molecule has 18 heavy (non-hydrogen) atoms. The zero-order valence-electron chi connectivity index (χ0n) is 10.3. The summed E-state index contributed by atoms with van der Waals surface area (Å²) in [5.74, 6) is 1.13. The molecule has 98 valence electrons. The van der Waals surface area contributed by atoms with E-state index < -0.39 is 0 Å². The minimum absolute atomic E-state index is 0.183. The average Bonchev–Trinajstić information content (AvgIpc) is 3.09. The third kappa shape index (κ3) is 2.78.